The third-order valence-electron chi connectivity index (χ3n) is 6.01. The van der Waals surface area contributed by atoms with Crippen molar-refractivity contribution in [3.05, 3.63) is 68.0 Å². The lowest BCUT2D eigenvalue weighted by atomic mass is 9.95. The molecule has 2 amide bonds. The molecule has 0 saturated heterocycles. The van der Waals surface area contributed by atoms with Gasteiger partial charge in [0.05, 0.1) is 11.1 Å². The number of nitrogens with zero attached hydrogens (tertiary/aromatic N) is 2. The Morgan fingerprint density at radius 3 is 2.85 bits per heavy atom. The molecule has 2 aliphatic rings. The van der Waals surface area contributed by atoms with Gasteiger partial charge in [0.1, 0.15) is 5.00 Å². The smallest absolute Gasteiger partial charge is 0.341 e. The van der Waals surface area contributed by atoms with Crippen LogP contribution in [0.2, 0.25) is 0 Å². The highest BCUT2D eigenvalue weighted by atomic mass is 32.1. The Labute approximate surface area is 199 Å². The number of carbonyl (C=O) groups excluding carboxylic acids is 3. The molecule has 3 aromatic heterocycles. The van der Waals surface area contributed by atoms with E-state index in [1.54, 1.807) is 34.6 Å². The van der Waals surface area contributed by atoms with Crippen molar-refractivity contribution in [1.82, 2.24) is 9.88 Å². The average molecular weight is 482 g/mol. The molecule has 3 aromatic rings. The number of nitrogens with one attached hydrogen (secondary N) is 1. The van der Waals surface area contributed by atoms with Crippen molar-refractivity contribution in [3.63, 3.8) is 0 Å². The molecule has 1 N–H and O–H groups in total. The third-order valence-corrected chi connectivity index (χ3v) is 8.24. The molecule has 5 rings (SSSR count). The standard InChI is InChI=1S/C24H23N3O4S2/c28-20(27-10-7-18-16(13-27)8-11-32-18)14-31-24(30)21-17-5-1-2-6-19(17)33-23(21)26-22(29)15-4-3-9-25-12-15/h3-4,8-9,11-12H,1-2,5-7,10,13-14H2,(H,26,29). The Morgan fingerprint density at radius 1 is 1.12 bits per heavy atom. The number of pyridine rings is 1. The molecule has 0 atom stereocenters. The summed E-state index contributed by atoms with van der Waals surface area (Å²) in [6.07, 6.45) is 7.58. The zero-order valence-corrected chi connectivity index (χ0v) is 19.6. The zero-order chi connectivity index (χ0) is 22.8. The fourth-order valence-corrected chi connectivity index (χ4v) is 6.46. The Kier molecular flexibility index (Phi) is 6.24. The van der Waals surface area contributed by atoms with Crippen molar-refractivity contribution < 1.29 is 19.1 Å². The minimum Gasteiger partial charge on any atom is -0.452 e. The van der Waals surface area contributed by atoms with Gasteiger partial charge in [-0.3, -0.25) is 14.6 Å². The number of thiophene rings is 2. The van der Waals surface area contributed by atoms with Crippen molar-refractivity contribution in [1.29, 1.82) is 0 Å². The van der Waals surface area contributed by atoms with Crippen LogP contribution in [0.3, 0.4) is 0 Å². The molecule has 33 heavy (non-hydrogen) atoms. The summed E-state index contributed by atoms with van der Waals surface area (Å²) in [5.41, 5.74) is 2.90. The molecule has 9 heteroatoms. The van der Waals surface area contributed by atoms with Crippen molar-refractivity contribution >= 4 is 45.5 Å². The average Bonchev–Trinajstić information content (AvgIpc) is 3.46. The SMILES string of the molecule is O=C(Nc1sc2c(c1C(=O)OCC(=O)N1CCc3sccc3C1)CCCC2)c1cccnc1. The second-order valence-corrected chi connectivity index (χ2v) is 10.2. The van der Waals surface area contributed by atoms with Crippen LogP contribution in [-0.4, -0.2) is 40.8 Å². The molecule has 0 unspecified atom stereocenters. The van der Waals surface area contributed by atoms with Crippen LogP contribution in [0, 0.1) is 0 Å². The molecule has 0 saturated carbocycles. The van der Waals surface area contributed by atoms with Crippen LogP contribution in [-0.2, 0) is 35.3 Å². The summed E-state index contributed by atoms with van der Waals surface area (Å²) < 4.78 is 5.48. The maximum atomic E-state index is 13.1. The van der Waals surface area contributed by atoms with Crippen molar-refractivity contribution in [2.24, 2.45) is 0 Å². The summed E-state index contributed by atoms with van der Waals surface area (Å²) in [4.78, 5) is 46.7. The van der Waals surface area contributed by atoms with Crippen LogP contribution in [0.1, 0.15) is 54.4 Å². The molecule has 4 heterocycles. The van der Waals surface area contributed by atoms with Gasteiger partial charge in [-0.05, 0) is 66.8 Å². The summed E-state index contributed by atoms with van der Waals surface area (Å²) in [7, 11) is 0. The first-order valence-electron chi connectivity index (χ1n) is 11.0. The van der Waals surface area contributed by atoms with Gasteiger partial charge in [0.2, 0.25) is 0 Å². The second kappa shape index (κ2) is 9.44. The Balaban J connectivity index is 1.30. The van der Waals surface area contributed by atoms with Gasteiger partial charge in [-0.25, -0.2) is 4.79 Å². The number of aromatic nitrogens is 1. The van der Waals surface area contributed by atoms with Gasteiger partial charge in [0.25, 0.3) is 11.8 Å². The van der Waals surface area contributed by atoms with Gasteiger partial charge in [0.15, 0.2) is 6.61 Å². The maximum Gasteiger partial charge on any atom is 0.341 e. The summed E-state index contributed by atoms with van der Waals surface area (Å²) in [5.74, 6) is -1.09. The van der Waals surface area contributed by atoms with E-state index in [2.05, 4.69) is 10.3 Å². The van der Waals surface area contributed by atoms with E-state index in [0.717, 1.165) is 42.5 Å². The number of hydrogen-bond donors (Lipinski definition) is 1. The molecule has 0 radical (unpaired) electrons. The van der Waals surface area contributed by atoms with Crippen LogP contribution in [0.5, 0.6) is 0 Å². The molecular weight excluding hydrogens is 458 g/mol. The molecular formula is C24H23N3O4S2. The summed E-state index contributed by atoms with van der Waals surface area (Å²) in [6, 6.07) is 5.40. The molecule has 170 valence electrons. The number of carbonyl (C=O) groups is 3. The van der Waals surface area contributed by atoms with E-state index in [1.165, 1.54) is 28.0 Å². The largest absolute Gasteiger partial charge is 0.452 e. The quantitative estimate of drug-likeness (QED) is 0.555. The normalized spacial score (nSPS) is 14.8. The third kappa shape index (κ3) is 4.56. The molecule has 1 aliphatic heterocycles. The van der Waals surface area contributed by atoms with Crippen molar-refractivity contribution in [2.75, 3.05) is 18.5 Å². The highest BCUT2D eigenvalue weighted by molar-refractivity contribution is 7.17. The van der Waals surface area contributed by atoms with E-state index in [0.29, 0.717) is 29.2 Å². The van der Waals surface area contributed by atoms with E-state index in [-0.39, 0.29) is 18.4 Å². The van der Waals surface area contributed by atoms with Crippen LogP contribution < -0.4 is 5.32 Å². The van der Waals surface area contributed by atoms with Crippen LogP contribution in [0.4, 0.5) is 5.00 Å². The molecule has 0 spiro atoms. The van der Waals surface area contributed by atoms with E-state index >= 15 is 0 Å². The van der Waals surface area contributed by atoms with Crippen LogP contribution in [0.15, 0.2) is 36.0 Å². The number of esters is 1. The minimum absolute atomic E-state index is 0.203. The number of hydrogen-bond acceptors (Lipinski definition) is 7. The lowest BCUT2D eigenvalue weighted by Crippen LogP contribution is -2.38. The van der Waals surface area contributed by atoms with Gasteiger partial charge in [0, 0.05) is 35.2 Å². The predicted octanol–water partition coefficient (Wildman–Crippen LogP) is 4.08. The minimum atomic E-state index is -0.558. The first-order valence-corrected chi connectivity index (χ1v) is 12.7. The van der Waals surface area contributed by atoms with Gasteiger partial charge in [-0.2, -0.15) is 0 Å². The van der Waals surface area contributed by atoms with Gasteiger partial charge in [-0.1, -0.05) is 0 Å². The first-order chi connectivity index (χ1) is 16.1. The first kappa shape index (κ1) is 21.8. The highest BCUT2D eigenvalue weighted by Crippen LogP contribution is 2.39. The Morgan fingerprint density at radius 2 is 2.00 bits per heavy atom. The van der Waals surface area contributed by atoms with Gasteiger partial charge in [-0.15, -0.1) is 22.7 Å². The second-order valence-electron chi connectivity index (χ2n) is 8.12. The van der Waals surface area contributed by atoms with Crippen LogP contribution in [0.25, 0.3) is 0 Å². The Bertz CT molecular complexity index is 1200. The Hall–Kier alpha value is -3.04. The molecule has 0 bridgehead atoms. The maximum absolute atomic E-state index is 13.1. The van der Waals surface area contributed by atoms with Crippen molar-refractivity contribution in [2.45, 2.75) is 38.6 Å². The van der Waals surface area contributed by atoms with Crippen LogP contribution >= 0.6 is 22.7 Å². The number of anilines is 1. The summed E-state index contributed by atoms with van der Waals surface area (Å²) in [5, 5.41) is 5.39. The monoisotopic (exact) mass is 481 g/mol. The van der Waals surface area contributed by atoms with E-state index in [4.69, 9.17) is 4.74 Å². The lowest BCUT2D eigenvalue weighted by Gasteiger charge is -2.26. The van der Waals surface area contributed by atoms with Gasteiger partial charge < -0.3 is 15.0 Å². The summed E-state index contributed by atoms with van der Waals surface area (Å²) >= 11 is 3.13. The number of ether oxygens (including phenoxy) is 1. The number of amides is 2. The molecule has 1 aliphatic carbocycles. The lowest BCUT2D eigenvalue weighted by molar-refractivity contribution is -0.135. The van der Waals surface area contributed by atoms with Crippen molar-refractivity contribution in [3.8, 4) is 0 Å². The topological polar surface area (TPSA) is 88.6 Å². The van der Waals surface area contributed by atoms with E-state index in [9.17, 15) is 14.4 Å². The number of aryl methyl sites for hydroxylation is 1. The molecule has 0 fully saturated rings. The molecule has 0 aromatic carbocycles. The molecule has 7 nitrogen and oxygen atoms in total. The van der Waals surface area contributed by atoms with E-state index < -0.39 is 5.97 Å². The predicted molar refractivity (Wildman–Crippen MR) is 127 cm³/mol. The fourth-order valence-electron chi connectivity index (χ4n) is 4.29. The highest BCUT2D eigenvalue weighted by Gasteiger charge is 2.29. The van der Waals surface area contributed by atoms with E-state index in [1.807, 2.05) is 11.4 Å². The fraction of sp³-hybridized carbons (Fsp3) is 0.333. The summed E-state index contributed by atoms with van der Waals surface area (Å²) in [6.45, 7) is 0.874. The number of rotatable bonds is 5. The van der Waals surface area contributed by atoms with Gasteiger partial charge >= 0.3 is 5.97 Å². The number of fused-ring (bicyclic) bond motifs is 2. The zero-order valence-electron chi connectivity index (χ0n) is 18.0.